The second-order valence-electron chi connectivity index (χ2n) is 5.36. The smallest absolute Gasteiger partial charge is 0.231 e. The van der Waals surface area contributed by atoms with E-state index in [-0.39, 0.29) is 30.9 Å². The van der Waals surface area contributed by atoms with Crippen molar-refractivity contribution in [2.75, 3.05) is 30.5 Å². The topological polar surface area (TPSA) is 84.9 Å². The highest BCUT2D eigenvalue weighted by Crippen LogP contribution is 2.37. The van der Waals surface area contributed by atoms with Crippen LogP contribution in [0.4, 0.5) is 5.69 Å². The zero-order valence-corrected chi connectivity index (χ0v) is 13.1. The summed E-state index contributed by atoms with van der Waals surface area (Å²) in [6.45, 7) is 2.54. The molecule has 22 heavy (non-hydrogen) atoms. The Hall–Kier alpha value is -1.80. The summed E-state index contributed by atoms with van der Waals surface area (Å²) in [5, 5.41) is 0. The molecule has 1 fully saturated rings. The number of nitrogens with zero attached hydrogens (tertiary/aromatic N) is 1. The Morgan fingerprint density at radius 1 is 1.32 bits per heavy atom. The Labute approximate surface area is 129 Å². The third kappa shape index (κ3) is 3.02. The first-order valence-corrected chi connectivity index (χ1v) is 8.81. The highest BCUT2D eigenvalue weighted by molar-refractivity contribution is 7.89. The average molecular weight is 326 g/mol. The molecule has 3 rings (SSSR count). The molecular weight excluding hydrogens is 308 g/mol. The molecule has 7 nitrogen and oxygen atoms in total. The molecule has 1 N–H and O–H groups in total. The minimum atomic E-state index is -3.23. The third-order valence-corrected chi connectivity index (χ3v) is 5.21. The van der Waals surface area contributed by atoms with Gasteiger partial charge in [-0.1, -0.05) is 0 Å². The summed E-state index contributed by atoms with van der Waals surface area (Å²) in [5.74, 6) is 1.29. The fourth-order valence-corrected chi connectivity index (χ4v) is 3.26. The van der Waals surface area contributed by atoms with Gasteiger partial charge in [0, 0.05) is 31.3 Å². The van der Waals surface area contributed by atoms with Crippen molar-refractivity contribution >= 4 is 21.6 Å². The van der Waals surface area contributed by atoms with Crippen LogP contribution in [-0.2, 0) is 14.8 Å². The van der Waals surface area contributed by atoms with Gasteiger partial charge in [0.15, 0.2) is 11.5 Å². The van der Waals surface area contributed by atoms with Crippen LogP contribution in [0.15, 0.2) is 18.2 Å². The molecule has 0 spiro atoms. The number of sulfonamides is 1. The van der Waals surface area contributed by atoms with E-state index in [1.807, 2.05) is 6.07 Å². The van der Waals surface area contributed by atoms with E-state index in [0.717, 1.165) is 5.69 Å². The van der Waals surface area contributed by atoms with Gasteiger partial charge in [-0.3, -0.25) is 4.79 Å². The molecule has 0 bridgehead atoms. The number of ether oxygens (including phenoxy) is 2. The molecule has 0 radical (unpaired) electrons. The van der Waals surface area contributed by atoms with Gasteiger partial charge in [0.2, 0.25) is 22.7 Å². The van der Waals surface area contributed by atoms with Crippen LogP contribution >= 0.6 is 0 Å². The Kier molecular flexibility index (Phi) is 3.96. The van der Waals surface area contributed by atoms with E-state index in [4.69, 9.17) is 9.47 Å². The number of nitrogens with one attached hydrogen (secondary N) is 1. The number of fused-ring (bicyclic) bond motifs is 1. The van der Waals surface area contributed by atoms with Gasteiger partial charge >= 0.3 is 0 Å². The van der Waals surface area contributed by atoms with Crippen molar-refractivity contribution in [2.45, 2.75) is 13.3 Å². The molecule has 8 heteroatoms. The number of benzene rings is 1. The van der Waals surface area contributed by atoms with Crippen LogP contribution in [0.25, 0.3) is 0 Å². The van der Waals surface area contributed by atoms with Crippen LogP contribution in [0, 0.1) is 5.92 Å². The van der Waals surface area contributed by atoms with Gasteiger partial charge in [-0.2, -0.15) is 0 Å². The van der Waals surface area contributed by atoms with E-state index in [2.05, 4.69) is 4.72 Å². The van der Waals surface area contributed by atoms with Crippen LogP contribution in [0.2, 0.25) is 0 Å². The maximum Gasteiger partial charge on any atom is 0.231 e. The summed E-state index contributed by atoms with van der Waals surface area (Å²) in [5.41, 5.74) is 0.745. The molecule has 0 aliphatic carbocycles. The van der Waals surface area contributed by atoms with Crippen molar-refractivity contribution < 1.29 is 22.7 Å². The molecule has 2 aliphatic heterocycles. The fraction of sp³-hybridized carbons (Fsp3) is 0.500. The van der Waals surface area contributed by atoms with Crippen molar-refractivity contribution in [3.63, 3.8) is 0 Å². The van der Waals surface area contributed by atoms with Gasteiger partial charge in [0.1, 0.15) is 0 Å². The Balaban J connectivity index is 1.67. The van der Waals surface area contributed by atoms with Crippen LogP contribution in [0.3, 0.4) is 0 Å². The van der Waals surface area contributed by atoms with Crippen molar-refractivity contribution in [1.29, 1.82) is 0 Å². The maximum atomic E-state index is 12.2. The summed E-state index contributed by atoms with van der Waals surface area (Å²) in [6, 6.07) is 5.36. The highest BCUT2D eigenvalue weighted by Gasteiger charge is 2.32. The second kappa shape index (κ2) is 5.77. The van der Waals surface area contributed by atoms with Gasteiger partial charge in [0.05, 0.1) is 5.75 Å². The first kappa shape index (κ1) is 15.1. The summed E-state index contributed by atoms with van der Waals surface area (Å²) in [6.07, 6.45) is 0.334. The number of anilines is 1. The van der Waals surface area contributed by atoms with Crippen LogP contribution in [0.5, 0.6) is 11.5 Å². The molecule has 0 aromatic heterocycles. The Morgan fingerprint density at radius 2 is 2.09 bits per heavy atom. The van der Waals surface area contributed by atoms with Crippen LogP contribution < -0.4 is 19.1 Å². The lowest BCUT2D eigenvalue weighted by Crippen LogP contribution is -2.32. The lowest BCUT2D eigenvalue weighted by molar-refractivity contribution is -0.117. The standard InChI is InChI=1S/C14H18N2O5S/c1-2-22(18,19)15-7-10-5-14(17)16(8-10)11-3-4-12-13(6-11)21-9-20-12/h3-4,6,10,15H,2,5,7-9H2,1H3/t10-/m0/s1. The molecule has 2 aliphatic rings. The van der Waals surface area contributed by atoms with Crippen molar-refractivity contribution in [3.8, 4) is 11.5 Å². The van der Waals surface area contributed by atoms with Gasteiger partial charge < -0.3 is 14.4 Å². The normalized spacial score (nSPS) is 20.7. The van der Waals surface area contributed by atoms with Crippen LogP contribution in [-0.4, -0.2) is 40.0 Å². The maximum absolute atomic E-state index is 12.2. The van der Waals surface area contributed by atoms with E-state index < -0.39 is 10.0 Å². The van der Waals surface area contributed by atoms with E-state index >= 15 is 0 Å². The number of rotatable bonds is 5. The number of amides is 1. The minimum absolute atomic E-state index is 0.0143. The monoisotopic (exact) mass is 326 g/mol. The van der Waals surface area contributed by atoms with Gasteiger partial charge in [-0.05, 0) is 25.0 Å². The first-order chi connectivity index (χ1) is 10.5. The molecule has 1 amide bonds. The van der Waals surface area contributed by atoms with E-state index in [0.29, 0.717) is 24.5 Å². The summed E-state index contributed by atoms with van der Waals surface area (Å²) < 4.78 is 36.1. The predicted octanol–water partition coefficient (Wildman–Crippen LogP) is 0.707. The SMILES string of the molecule is CCS(=O)(=O)NC[C@@H]1CC(=O)N(c2ccc3c(c2)OCO3)C1. The molecule has 1 aromatic rings. The lowest BCUT2D eigenvalue weighted by Gasteiger charge is -2.17. The minimum Gasteiger partial charge on any atom is -0.454 e. The van der Waals surface area contributed by atoms with Crippen molar-refractivity contribution in [2.24, 2.45) is 5.92 Å². The van der Waals surface area contributed by atoms with Gasteiger partial charge in [-0.15, -0.1) is 0 Å². The molecule has 1 saturated heterocycles. The van der Waals surface area contributed by atoms with E-state index in [1.54, 1.807) is 24.0 Å². The zero-order chi connectivity index (χ0) is 15.7. The second-order valence-corrected chi connectivity index (χ2v) is 7.46. The molecule has 0 saturated carbocycles. The number of hydrogen-bond donors (Lipinski definition) is 1. The number of carbonyl (C=O) groups excluding carboxylic acids is 1. The molecule has 1 aromatic carbocycles. The summed E-state index contributed by atoms with van der Waals surface area (Å²) in [4.78, 5) is 13.8. The molecule has 1 atom stereocenters. The fourth-order valence-electron chi connectivity index (χ4n) is 2.57. The molecular formula is C14H18N2O5S. The predicted molar refractivity (Wildman–Crippen MR) is 80.5 cm³/mol. The molecule has 0 unspecified atom stereocenters. The van der Waals surface area contributed by atoms with Gasteiger partial charge in [-0.25, -0.2) is 13.1 Å². The summed E-state index contributed by atoms with van der Waals surface area (Å²) >= 11 is 0. The van der Waals surface area contributed by atoms with Gasteiger partial charge in [0.25, 0.3) is 0 Å². The van der Waals surface area contributed by atoms with Crippen LogP contribution in [0.1, 0.15) is 13.3 Å². The van der Waals surface area contributed by atoms with Crippen molar-refractivity contribution in [1.82, 2.24) is 4.72 Å². The van der Waals surface area contributed by atoms with Crippen molar-refractivity contribution in [3.05, 3.63) is 18.2 Å². The van der Waals surface area contributed by atoms with E-state index in [1.165, 1.54) is 0 Å². The molecule has 120 valence electrons. The average Bonchev–Trinajstić information content (AvgIpc) is 3.10. The van der Waals surface area contributed by atoms with E-state index in [9.17, 15) is 13.2 Å². The first-order valence-electron chi connectivity index (χ1n) is 7.16. The zero-order valence-electron chi connectivity index (χ0n) is 12.2. The number of carbonyl (C=O) groups is 1. The Morgan fingerprint density at radius 3 is 2.86 bits per heavy atom. The highest BCUT2D eigenvalue weighted by atomic mass is 32.2. The third-order valence-electron chi connectivity index (χ3n) is 3.84. The summed E-state index contributed by atoms with van der Waals surface area (Å²) in [7, 11) is -3.23. The largest absolute Gasteiger partial charge is 0.454 e. The molecule has 2 heterocycles. The number of hydrogen-bond acceptors (Lipinski definition) is 5. The lowest BCUT2D eigenvalue weighted by atomic mass is 10.1. The Bertz CT molecular complexity index is 688. The quantitative estimate of drug-likeness (QED) is 0.861.